The number of amides is 2. The van der Waals surface area contributed by atoms with E-state index in [9.17, 15) is 27.2 Å². The molecule has 0 aliphatic carbocycles. The van der Waals surface area contributed by atoms with Gasteiger partial charge in [-0.3, -0.25) is 9.59 Å². The lowest BCUT2D eigenvalue weighted by Crippen LogP contribution is -2.34. The summed E-state index contributed by atoms with van der Waals surface area (Å²) in [5.41, 5.74) is -0.216. The highest BCUT2D eigenvalue weighted by atomic mass is 19.4. The van der Waals surface area contributed by atoms with Crippen LogP contribution in [0.1, 0.15) is 28.8 Å². The lowest BCUT2D eigenvalue weighted by atomic mass is 10.1. The number of nitrogens with one attached hydrogen (secondary N) is 2. The van der Waals surface area contributed by atoms with Gasteiger partial charge in [-0.1, -0.05) is 0 Å². The normalized spacial score (nSPS) is 17.6. The summed E-state index contributed by atoms with van der Waals surface area (Å²) in [5, 5.41) is 4.11. The van der Waals surface area contributed by atoms with Crippen molar-refractivity contribution >= 4 is 17.5 Å². The van der Waals surface area contributed by atoms with Crippen molar-refractivity contribution in [1.82, 2.24) is 5.32 Å². The fourth-order valence-corrected chi connectivity index (χ4v) is 2.22. The number of hydrogen-bond donors (Lipinski definition) is 2. The van der Waals surface area contributed by atoms with Crippen LogP contribution in [0.15, 0.2) is 12.1 Å². The maximum absolute atomic E-state index is 13.9. The van der Waals surface area contributed by atoms with E-state index < -0.39 is 36.5 Å². The van der Waals surface area contributed by atoms with Gasteiger partial charge in [-0.25, -0.2) is 4.39 Å². The smallest absolute Gasteiger partial charge is 0.368 e. The van der Waals surface area contributed by atoms with E-state index in [0.717, 1.165) is 18.6 Å². The quantitative estimate of drug-likeness (QED) is 0.822. The molecule has 1 fully saturated rings. The summed E-state index contributed by atoms with van der Waals surface area (Å²) in [6.07, 6.45) is -3.98. The molecule has 5 nitrogen and oxygen atoms in total. The molecule has 2 rings (SSSR count). The van der Waals surface area contributed by atoms with Crippen molar-refractivity contribution in [2.45, 2.75) is 32.0 Å². The molecule has 0 bridgehead atoms. The van der Waals surface area contributed by atoms with Crippen LogP contribution in [0, 0.1) is 12.7 Å². The standard InChI is InChI=1S/C15H16F4N2O3/c1-8-10(16)5-9(13(22)20-7-15(17,18)19)6-11(8)21-14(23)12-3-2-4-24-12/h5-6,12H,2-4,7H2,1H3,(H,20,22)(H,21,23)/t12-/m1/s1. The van der Waals surface area contributed by atoms with E-state index in [1.54, 1.807) is 5.32 Å². The van der Waals surface area contributed by atoms with Crippen LogP contribution in [-0.2, 0) is 9.53 Å². The Morgan fingerprint density at radius 1 is 1.33 bits per heavy atom. The Hall–Kier alpha value is -2.16. The van der Waals surface area contributed by atoms with E-state index in [2.05, 4.69) is 5.32 Å². The number of hydrogen-bond acceptors (Lipinski definition) is 3. The second kappa shape index (κ2) is 7.16. The average Bonchev–Trinajstić information content (AvgIpc) is 3.02. The number of carbonyl (C=O) groups is 2. The molecule has 0 spiro atoms. The van der Waals surface area contributed by atoms with Gasteiger partial charge in [-0.2, -0.15) is 13.2 Å². The van der Waals surface area contributed by atoms with Crippen molar-refractivity contribution in [3.63, 3.8) is 0 Å². The number of benzene rings is 1. The van der Waals surface area contributed by atoms with Gasteiger partial charge in [0, 0.05) is 23.4 Å². The molecule has 2 N–H and O–H groups in total. The van der Waals surface area contributed by atoms with Gasteiger partial charge in [0.25, 0.3) is 11.8 Å². The summed E-state index contributed by atoms with van der Waals surface area (Å²) in [4.78, 5) is 23.7. The Morgan fingerprint density at radius 3 is 2.62 bits per heavy atom. The molecule has 1 aromatic carbocycles. The fourth-order valence-electron chi connectivity index (χ4n) is 2.22. The molecule has 1 heterocycles. The molecule has 0 unspecified atom stereocenters. The lowest BCUT2D eigenvalue weighted by molar-refractivity contribution is -0.124. The Morgan fingerprint density at radius 2 is 2.04 bits per heavy atom. The zero-order valence-corrected chi connectivity index (χ0v) is 12.8. The third kappa shape index (κ3) is 4.67. The second-order valence-corrected chi connectivity index (χ2v) is 5.42. The van der Waals surface area contributed by atoms with E-state index >= 15 is 0 Å². The third-order valence-electron chi connectivity index (χ3n) is 3.54. The molecule has 1 saturated heterocycles. The van der Waals surface area contributed by atoms with Crippen molar-refractivity contribution in [1.29, 1.82) is 0 Å². The summed E-state index contributed by atoms with van der Waals surface area (Å²) < 4.78 is 55.5. The number of halogens is 4. The van der Waals surface area contributed by atoms with Crippen molar-refractivity contribution in [3.05, 3.63) is 29.1 Å². The van der Waals surface area contributed by atoms with E-state index in [1.807, 2.05) is 0 Å². The summed E-state index contributed by atoms with van der Waals surface area (Å²) in [7, 11) is 0. The molecule has 2 amide bonds. The van der Waals surface area contributed by atoms with E-state index in [-0.39, 0.29) is 16.8 Å². The number of anilines is 1. The summed E-state index contributed by atoms with van der Waals surface area (Å²) >= 11 is 0. The number of carbonyl (C=O) groups excluding carboxylic acids is 2. The zero-order valence-electron chi connectivity index (χ0n) is 12.8. The van der Waals surface area contributed by atoms with Crippen molar-refractivity contribution < 1.29 is 31.9 Å². The van der Waals surface area contributed by atoms with Gasteiger partial charge in [0.1, 0.15) is 18.5 Å². The van der Waals surface area contributed by atoms with E-state index in [0.29, 0.717) is 13.0 Å². The van der Waals surface area contributed by atoms with Crippen LogP contribution in [0.25, 0.3) is 0 Å². The maximum atomic E-state index is 13.9. The summed E-state index contributed by atoms with van der Waals surface area (Å²) in [6, 6.07) is 1.96. The Labute approximate surface area is 135 Å². The molecule has 1 aromatic rings. The Bertz CT molecular complexity index is 640. The topological polar surface area (TPSA) is 67.4 Å². The predicted molar refractivity (Wildman–Crippen MR) is 77.1 cm³/mol. The first-order valence-electron chi connectivity index (χ1n) is 7.25. The minimum absolute atomic E-state index is 0.0210. The van der Waals surface area contributed by atoms with Crippen molar-refractivity contribution in [2.75, 3.05) is 18.5 Å². The number of rotatable bonds is 4. The molecular weight excluding hydrogens is 332 g/mol. The molecule has 0 aromatic heterocycles. The van der Waals surface area contributed by atoms with Gasteiger partial charge in [0.2, 0.25) is 0 Å². The van der Waals surface area contributed by atoms with Crippen LogP contribution in [0.5, 0.6) is 0 Å². The van der Waals surface area contributed by atoms with Crippen LogP contribution < -0.4 is 10.6 Å². The molecule has 1 aliphatic rings. The highest BCUT2D eigenvalue weighted by molar-refractivity contribution is 5.99. The predicted octanol–water partition coefficient (Wildman–Crippen LogP) is 2.54. The number of ether oxygens (including phenoxy) is 1. The lowest BCUT2D eigenvalue weighted by Gasteiger charge is -2.15. The Balaban J connectivity index is 2.15. The first-order valence-corrected chi connectivity index (χ1v) is 7.25. The molecular formula is C15H16F4N2O3. The summed E-state index contributed by atoms with van der Waals surface area (Å²) in [6.45, 7) is 0.308. The van der Waals surface area contributed by atoms with Gasteiger partial charge < -0.3 is 15.4 Å². The van der Waals surface area contributed by atoms with Crippen LogP contribution in [0.3, 0.4) is 0 Å². The van der Waals surface area contributed by atoms with Crippen LogP contribution in [0.2, 0.25) is 0 Å². The van der Waals surface area contributed by atoms with Crippen molar-refractivity contribution in [3.8, 4) is 0 Å². The monoisotopic (exact) mass is 348 g/mol. The third-order valence-corrected chi connectivity index (χ3v) is 3.54. The van der Waals surface area contributed by atoms with Crippen LogP contribution in [0.4, 0.5) is 23.2 Å². The van der Waals surface area contributed by atoms with Gasteiger partial charge in [-0.15, -0.1) is 0 Å². The average molecular weight is 348 g/mol. The second-order valence-electron chi connectivity index (χ2n) is 5.42. The minimum atomic E-state index is -4.57. The first-order chi connectivity index (χ1) is 11.2. The maximum Gasteiger partial charge on any atom is 0.405 e. The van der Waals surface area contributed by atoms with Gasteiger partial charge in [-0.05, 0) is 31.9 Å². The molecule has 1 atom stereocenters. The molecule has 132 valence electrons. The van der Waals surface area contributed by atoms with Crippen LogP contribution in [-0.4, -0.2) is 37.2 Å². The molecule has 9 heteroatoms. The zero-order chi connectivity index (χ0) is 17.9. The van der Waals surface area contributed by atoms with Gasteiger partial charge in [0.05, 0.1) is 0 Å². The molecule has 24 heavy (non-hydrogen) atoms. The van der Waals surface area contributed by atoms with Gasteiger partial charge in [0.15, 0.2) is 0 Å². The van der Waals surface area contributed by atoms with Gasteiger partial charge >= 0.3 is 6.18 Å². The summed E-state index contributed by atoms with van der Waals surface area (Å²) in [5.74, 6) is -2.38. The Kier molecular flexibility index (Phi) is 5.43. The SMILES string of the molecule is Cc1c(F)cc(C(=O)NCC(F)(F)F)cc1NC(=O)[C@H]1CCCO1. The van der Waals surface area contributed by atoms with Crippen molar-refractivity contribution in [2.24, 2.45) is 0 Å². The fraction of sp³-hybridized carbons (Fsp3) is 0.467. The van der Waals surface area contributed by atoms with E-state index in [4.69, 9.17) is 4.74 Å². The number of alkyl halides is 3. The highest BCUT2D eigenvalue weighted by Crippen LogP contribution is 2.23. The highest BCUT2D eigenvalue weighted by Gasteiger charge is 2.28. The molecule has 1 aliphatic heterocycles. The van der Waals surface area contributed by atoms with E-state index in [1.165, 1.54) is 6.92 Å². The molecule has 0 saturated carbocycles. The first kappa shape index (κ1) is 18.2. The molecule has 0 radical (unpaired) electrons. The minimum Gasteiger partial charge on any atom is -0.368 e. The van der Waals surface area contributed by atoms with Crippen LogP contribution >= 0.6 is 0 Å². The largest absolute Gasteiger partial charge is 0.405 e.